The maximum Gasteiger partial charge on any atom is 0.305 e. The Morgan fingerprint density at radius 2 is 1.95 bits per heavy atom. The highest BCUT2D eigenvalue weighted by Crippen LogP contribution is 2.47. The number of hydrogen-bond donors (Lipinski definition) is 3. The molecular formula is C17H28N2O3. The number of rotatable bonds is 7. The fourth-order valence-electron chi connectivity index (χ4n) is 2.98. The Morgan fingerprint density at radius 3 is 2.36 bits per heavy atom. The van der Waals surface area contributed by atoms with Crippen molar-refractivity contribution in [3.63, 3.8) is 0 Å². The number of amides is 1. The van der Waals surface area contributed by atoms with E-state index in [1.807, 2.05) is 0 Å². The molecule has 1 unspecified atom stereocenters. The first-order valence-corrected chi connectivity index (χ1v) is 8.12. The first-order chi connectivity index (χ1) is 10.1. The Hall–Kier alpha value is -1.36. The fraction of sp³-hybridized carbons (Fsp3) is 0.765. The molecule has 0 heterocycles. The zero-order chi connectivity index (χ0) is 16.5. The number of hydrogen-bond acceptors (Lipinski definition) is 3. The van der Waals surface area contributed by atoms with E-state index in [0.717, 1.165) is 18.8 Å². The zero-order valence-corrected chi connectivity index (χ0v) is 13.8. The number of carbonyl (C=O) groups excluding carboxylic acids is 1. The Morgan fingerprint density at radius 1 is 1.36 bits per heavy atom. The van der Waals surface area contributed by atoms with Gasteiger partial charge in [-0.15, -0.1) is 0 Å². The first kappa shape index (κ1) is 17.0. The highest BCUT2D eigenvalue weighted by Gasteiger charge is 2.44. The third-order valence-electron chi connectivity index (χ3n) is 4.64. The second kappa shape index (κ2) is 6.03. The van der Waals surface area contributed by atoms with Crippen LogP contribution in [-0.2, 0) is 9.59 Å². The lowest BCUT2D eigenvalue weighted by atomic mass is 9.77. The van der Waals surface area contributed by atoms with Gasteiger partial charge in [-0.3, -0.25) is 9.59 Å². The Bertz CT molecular complexity index is 471. The largest absolute Gasteiger partial charge is 0.481 e. The molecule has 2 saturated carbocycles. The average Bonchev–Trinajstić information content (AvgIpc) is 3.24. The molecule has 2 rings (SSSR count). The average molecular weight is 308 g/mol. The minimum Gasteiger partial charge on any atom is -0.481 e. The monoisotopic (exact) mass is 308 g/mol. The summed E-state index contributed by atoms with van der Waals surface area (Å²) in [7, 11) is 0. The lowest BCUT2D eigenvalue weighted by Gasteiger charge is -2.29. The molecule has 0 saturated heterocycles. The van der Waals surface area contributed by atoms with Gasteiger partial charge in [-0.25, -0.2) is 0 Å². The maximum absolute atomic E-state index is 12.0. The van der Waals surface area contributed by atoms with Crippen molar-refractivity contribution in [1.29, 1.82) is 0 Å². The summed E-state index contributed by atoms with van der Waals surface area (Å²) in [5, 5.41) is 11.6. The summed E-state index contributed by atoms with van der Waals surface area (Å²) in [6.07, 6.45) is 8.41. The van der Waals surface area contributed by atoms with Crippen LogP contribution in [0, 0.1) is 17.3 Å². The van der Waals surface area contributed by atoms with Crippen LogP contribution in [0.3, 0.4) is 0 Å². The minimum absolute atomic E-state index is 0.220. The quantitative estimate of drug-likeness (QED) is 0.628. The van der Waals surface area contributed by atoms with Crippen LogP contribution >= 0.6 is 0 Å². The SMILES string of the molecule is CC(C)(C)C(C=CC1(NC(=O)[C@@H](N)CC(=O)O)CC1)C1CC1. The van der Waals surface area contributed by atoms with Gasteiger partial charge in [0.25, 0.3) is 0 Å². The van der Waals surface area contributed by atoms with E-state index < -0.39 is 12.0 Å². The topological polar surface area (TPSA) is 92.4 Å². The van der Waals surface area contributed by atoms with Crippen LogP contribution < -0.4 is 11.1 Å². The minimum atomic E-state index is -1.05. The Kier molecular flexibility index (Phi) is 4.66. The number of aliphatic carboxylic acids is 1. The van der Waals surface area contributed by atoms with Crippen LogP contribution in [0.1, 0.15) is 52.9 Å². The van der Waals surface area contributed by atoms with Crippen molar-refractivity contribution in [2.24, 2.45) is 23.0 Å². The summed E-state index contributed by atoms with van der Waals surface area (Å²) < 4.78 is 0. The van der Waals surface area contributed by atoms with Gasteiger partial charge in [0.1, 0.15) is 0 Å². The Balaban J connectivity index is 1.95. The van der Waals surface area contributed by atoms with E-state index in [2.05, 4.69) is 38.2 Å². The van der Waals surface area contributed by atoms with E-state index in [4.69, 9.17) is 10.8 Å². The molecule has 4 N–H and O–H groups in total. The highest BCUT2D eigenvalue weighted by molar-refractivity contribution is 5.86. The van der Waals surface area contributed by atoms with Crippen molar-refractivity contribution in [1.82, 2.24) is 5.32 Å². The smallest absolute Gasteiger partial charge is 0.305 e. The molecule has 0 bridgehead atoms. The number of allylic oxidation sites excluding steroid dienone is 1. The molecule has 2 atom stereocenters. The van der Waals surface area contributed by atoms with Gasteiger partial charge in [0, 0.05) is 0 Å². The van der Waals surface area contributed by atoms with Crippen LogP contribution in [0.2, 0.25) is 0 Å². The van der Waals surface area contributed by atoms with Crippen molar-refractivity contribution in [3.05, 3.63) is 12.2 Å². The van der Waals surface area contributed by atoms with Gasteiger partial charge >= 0.3 is 5.97 Å². The van der Waals surface area contributed by atoms with E-state index >= 15 is 0 Å². The number of carbonyl (C=O) groups is 2. The number of nitrogens with two attached hydrogens (primary N) is 1. The second-order valence-corrected chi connectivity index (χ2v) is 7.94. The van der Waals surface area contributed by atoms with Crippen molar-refractivity contribution >= 4 is 11.9 Å². The third-order valence-corrected chi connectivity index (χ3v) is 4.64. The molecule has 0 radical (unpaired) electrons. The van der Waals surface area contributed by atoms with E-state index in [1.165, 1.54) is 12.8 Å². The second-order valence-electron chi connectivity index (χ2n) is 7.94. The first-order valence-electron chi connectivity index (χ1n) is 8.12. The molecule has 0 aromatic rings. The number of nitrogens with one attached hydrogen (secondary N) is 1. The van der Waals surface area contributed by atoms with E-state index in [1.54, 1.807) is 0 Å². The summed E-state index contributed by atoms with van der Waals surface area (Å²) in [5.74, 6) is -0.139. The summed E-state index contributed by atoms with van der Waals surface area (Å²) in [5.41, 5.74) is 5.54. The van der Waals surface area contributed by atoms with Crippen molar-refractivity contribution in [2.75, 3.05) is 0 Å². The molecule has 0 aromatic carbocycles. The van der Waals surface area contributed by atoms with Crippen molar-refractivity contribution in [2.45, 2.75) is 64.5 Å². The normalized spacial score (nSPS) is 23.1. The maximum atomic E-state index is 12.0. The summed E-state index contributed by atoms with van der Waals surface area (Å²) in [4.78, 5) is 22.6. The van der Waals surface area contributed by atoms with Crippen molar-refractivity contribution < 1.29 is 14.7 Å². The van der Waals surface area contributed by atoms with Gasteiger partial charge in [0.05, 0.1) is 18.0 Å². The lowest BCUT2D eigenvalue weighted by Crippen LogP contribution is -2.46. The predicted octanol–water partition coefficient (Wildman–Crippen LogP) is 2.07. The fourth-order valence-corrected chi connectivity index (χ4v) is 2.98. The van der Waals surface area contributed by atoms with Crippen LogP contribution in [0.5, 0.6) is 0 Å². The lowest BCUT2D eigenvalue weighted by molar-refractivity contribution is -0.139. The third kappa shape index (κ3) is 4.57. The molecule has 2 aliphatic carbocycles. The standard InChI is InChI=1S/C17H28N2O3/c1-16(2,3)12(11-4-5-11)6-7-17(8-9-17)19-15(22)13(18)10-14(20)21/h6-7,11-13H,4-5,8-10,18H2,1-3H3,(H,19,22)(H,20,21)/t12?,13-/m0/s1. The molecule has 22 heavy (non-hydrogen) atoms. The predicted molar refractivity (Wildman–Crippen MR) is 85.1 cm³/mol. The summed E-state index contributed by atoms with van der Waals surface area (Å²) in [6.45, 7) is 6.75. The van der Waals surface area contributed by atoms with Crippen LogP contribution in [0.25, 0.3) is 0 Å². The van der Waals surface area contributed by atoms with Crippen LogP contribution in [0.15, 0.2) is 12.2 Å². The van der Waals surface area contributed by atoms with E-state index in [9.17, 15) is 9.59 Å². The molecule has 0 spiro atoms. The molecular weight excluding hydrogens is 280 g/mol. The van der Waals surface area contributed by atoms with Crippen LogP contribution in [-0.4, -0.2) is 28.6 Å². The van der Waals surface area contributed by atoms with Gasteiger partial charge in [-0.2, -0.15) is 0 Å². The van der Waals surface area contributed by atoms with Gasteiger partial charge < -0.3 is 16.2 Å². The summed E-state index contributed by atoms with van der Waals surface area (Å²) >= 11 is 0. The van der Waals surface area contributed by atoms with Gasteiger partial charge in [-0.05, 0) is 42.9 Å². The van der Waals surface area contributed by atoms with Crippen molar-refractivity contribution in [3.8, 4) is 0 Å². The van der Waals surface area contributed by atoms with Gasteiger partial charge in [-0.1, -0.05) is 32.9 Å². The van der Waals surface area contributed by atoms with Crippen LogP contribution in [0.4, 0.5) is 0 Å². The molecule has 2 aliphatic rings. The van der Waals surface area contributed by atoms with Gasteiger partial charge in [0.15, 0.2) is 0 Å². The molecule has 5 nitrogen and oxygen atoms in total. The molecule has 124 valence electrons. The highest BCUT2D eigenvalue weighted by atomic mass is 16.4. The molecule has 0 aromatic heterocycles. The number of carboxylic acids is 1. The molecule has 0 aliphatic heterocycles. The van der Waals surface area contributed by atoms with Gasteiger partial charge in [0.2, 0.25) is 5.91 Å². The molecule has 1 amide bonds. The summed E-state index contributed by atoms with van der Waals surface area (Å²) in [6, 6.07) is -0.981. The van der Waals surface area contributed by atoms with E-state index in [0.29, 0.717) is 5.92 Å². The molecule has 2 fully saturated rings. The van der Waals surface area contributed by atoms with E-state index in [-0.39, 0.29) is 23.3 Å². The Labute approximate surface area is 132 Å². The molecule has 5 heteroatoms. The number of carboxylic acid groups (broad SMARTS) is 1. The zero-order valence-electron chi connectivity index (χ0n) is 13.8.